The van der Waals surface area contributed by atoms with Gasteiger partial charge in [0.15, 0.2) is 5.75 Å². The minimum atomic E-state index is 0.418. The van der Waals surface area contributed by atoms with Crippen molar-refractivity contribution in [3.8, 4) is 17.2 Å². The molecule has 5 heteroatoms. The van der Waals surface area contributed by atoms with Gasteiger partial charge in [0.25, 0.3) is 0 Å². The van der Waals surface area contributed by atoms with Crippen molar-refractivity contribution in [1.29, 1.82) is 0 Å². The molecule has 0 aliphatic heterocycles. The molecule has 0 saturated heterocycles. The molecule has 5 nitrogen and oxygen atoms in total. The first-order valence-corrected chi connectivity index (χ1v) is 5.84. The maximum absolute atomic E-state index is 5.78. The van der Waals surface area contributed by atoms with Crippen LogP contribution in [0.1, 0.15) is 12.5 Å². The lowest BCUT2D eigenvalue weighted by atomic mass is 10.2. The second kappa shape index (κ2) is 5.55. The van der Waals surface area contributed by atoms with E-state index < -0.39 is 0 Å². The molecule has 2 N–H and O–H groups in total. The second-order valence-electron chi connectivity index (χ2n) is 3.81. The van der Waals surface area contributed by atoms with Crippen molar-refractivity contribution in [3.05, 3.63) is 36.2 Å². The third kappa shape index (κ3) is 2.62. The summed E-state index contributed by atoms with van der Waals surface area (Å²) in [4.78, 5) is 0. The third-order valence-corrected chi connectivity index (χ3v) is 2.66. The van der Waals surface area contributed by atoms with Gasteiger partial charge in [-0.15, -0.1) is 0 Å². The first-order chi connectivity index (χ1) is 8.76. The normalized spacial score (nSPS) is 10.4. The van der Waals surface area contributed by atoms with Gasteiger partial charge in [0.05, 0.1) is 19.5 Å². The highest BCUT2D eigenvalue weighted by Gasteiger charge is 2.07. The Morgan fingerprint density at radius 3 is 2.78 bits per heavy atom. The number of hydrogen-bond acceptors (Lipinski definition) is 4. The summed E-state index contributed by atoms with van der Waals surface area (Å²) in [6.07, 6.45) is 3.53. The zero-order valence-corrected chi connectivity index (χ0v) is 10.6. The molecule has 1 aromatic heterocycles. The summed E-state index contributed by atoms with van der Waals surface area (Å²) >= 11 is 0. The van der Waals surface area contributed by atoms with Crippen LogP contribution in [0.15, 0.2) is 30.6 Å². The van der Waals surface area contributed by atoms with Crippen LogP contribution in [0.2, 0.25) is 0 Å². The molecule has 2 rings (SSSR count). The number of hydrogen-bond donors (Lipinski definition) is 1. The van der Waals surface area contributed by atoms with E-state index in [1.165, 1.54) is 0 Å². The largest absolute Gasteiger partial charge is 0.497 e. The Morgan fingerprint density at radius 1 is 1.33 bits per heavy atom. The average molecular weight is 247 g/mol. The maximum Gasteiger partial charge on any atom is 0.165 e. The molecule has 0 radical (unpaired) electrons. The van der Waals surface area contributed by atoms with Gasteiger partial charge in [0.1, 0.15) is 11.5 Å². The van der Waals surface area contributed by atoms with Crippen LogP contribution < -0.4 is 15.2 Å². The molecule has 0 atom stereocenters. The fraction of sp³-hybridized carbons (Fsp3) is 0.308. The van der Waals surface area contributed by atoms with Gasteiger partial charge < -0.3 is 15.2 Å². The van der Waals surface area contributed by atoms with Crippen molar-refractivity contribution >= 4 is 0 Å². The monoisotopic (exact) mass is 247 g/mol. The minimum Gasteiger partial charge on any atom is -0.497 e. The van der Waals surface area contributed by atoms with E-state index in [0.717, 1.165) is 17.9 Å². The molecule has 0 amide bonds. The number of aryl methyl sites for hydroxylation is 1. The Bertz CT molecular complexity index is 523. The van der Waals surface area contributed by atoms with Crippen LogP contribution in [0, 0.1) is 0 Å². The highest BCUT2D eigenvalue weighted by atomic mass is 16.5. The summed E-state index contributed by atoms with van der Waals surface area (Å²) in [5.41, 5.74) is 6.62. The van der Waals surface area contributed by atoms with Crippen LogP contribution in [0.3, 0.4) is 0 Å². The molecule has 2 aromatic rings. The van der Waals surface area contributed by atoms with E-state index in [2.05, 4.69) is 5.10 Å². The molecule has 0 spiro atoms. The van der Waals surface area contributed by atoms with Crippen molar-refractivity contribution in [2.75, 3.05) is 7.11 Å². The molecule has 0 bridgehead atoms. The van der Waals surface area contributed by atoms with Gasteiger partial charge in [-0.3, -0.25) is 4.68 Å². The van der Waals surface area contributed by atoms with Crippen LogP contribution in [-0.2, 0) is 13.1 Å². The number of aromatic nitrogens is 2. The molecule has 0 saturated carbocycles. The fourth-order valence-electron chi connectivity index (χ4n) is 1.62. The molecule has 1 aromatic carbocycles. The van der Waals surface area contributed by atoms with Gasteiger partial charge in [-0.1, -0.05) is 6.07 Å². The number of ether oxygens (including phenoxy) is 2. The van der Waals surface area contributed by atoms with Crippen molar-refractivity contribution in [3.63, 3.8) is 0 Å². The van der Waals surface area contributed by atoms with E-state index >= 15 is 0 Å². The highest BCUT2D eigenvalue weighted by Crippen LogP contribution is 2.28. The number of methoxy groups -OCH3 is 1. The Balaban J connectivity index is 2.25. The lowest BCUT2D eigenvalue weighted by Crippen LogP contribution is -1.99. The van der Waals surface area contributed by atoms with Crippen molar-refractivity contribution in [2.45, 2.75) is 20.0 Å². The molecular weight excluding hydrogens is 230 g/mol. The first kappa shape index (κ1) is 12.4. The molecule has 0 fully saturated rings. The minimum absolute atomic E-state index is 0.418. The molecular formula is C13H17N3O2. The average Bonchev–Trinajstić information content (AvgIpc) is 2.86. The van der Waals surface area contributed by atoms with Crippen molar-refractivity contribution in [2.24, 2.45) is 5.73 Å². The van der Waals surface area contributed by atoms with Gasteiger partial charge in [-0.25, -0.2) is 0 Å². The molecule has 1 heterocycles. The standard InChI is InChI=1S/C13H17N3O2/c1-3-16-9-12(8-15-16)18-13-6-11(17-2)5-4-10(13)7-14/h4-6,8-9H,3,7,14H2,1-2H3. The summed E-state index contributed by atoms with van der Waals surface area (Å²) in [5, 5.41) is 4.16. The second-order valence-corrected chi connectivity index (χ2v) is 3.81. The van der Waals surface area contributed by atoms with Gasteiger partial charge in [0.2, 0.25) is 0 Å². The SMILES string of the molecule is CCn1cc(Oc2cc(OC)ccc2CN)cn1. The topological polar surface area (TPSA) is 62.3 Å². The summed E-state index contributed by atoms with van der Waals surface area (Å²) in [6, 6.07) is 5.59. The quantitative estimate of drug-likeness (QED) is 0.879. The van der Waals surface area contributed by atoms with Gasteiger partial charge in [0, 0.05) is 24.7 Å². The first-order valence-electron chi connectivity index (χ1n) is 5.84. The lowest BCUT2D eigenvalue weighted by molar-refractivity contribution is 0.408. The van der Waals surface area contributed by atoms with E-state index in [4.69, 9.17) is 15.2 Å². The summed E-state index contributed by atoms with van der Waals surface area (Å²) in [5.74, 6) is 2.14. The van der Waals surface area contributed by atoms with Gasteiger partial charge >= 0.3 is 0 Å². The van der Waals surface area contributed by atoms with Crippen LogP contribution >= 0.6 is 0 Å². The number of rotatable bonds is 5. The van der Waals surface area contributed by atoms with Crippen LogP contribution in [-0.4, -0.2) is 16.9 Å². The highest BCUT2D eigenvalue weighted by molar-refractivity contribution is 5.42. The summed E-state index contributed by atoms with van der Waals surface area (Å²) in [6.45, 7) is 3.25. The Labute approximate surface area is 106 Å². The number of nitrogens with two attached hydrogens (primary N) is 1. The lowest BCUT2D eigenvalue weighted by Gasteiger charge is -2.10. The number of nitrogens with zero attached hydrogens (tertiary/aromatic N) is 2. The molecule has 18 heavy (non-hydrogen) atoms. The van der Waals surface area contributed by atoms with Gasteiger partial charge in [-0.2, -0.15) is 5.10 Å². The Morgan fingerprint density at radius 2 is 2.17 bits per heavy atom. The molecule has 0 unspecified atom stereocenters. The van der Waals surface area contributed by atoms with Crippen molar-refractivity contribution in [1.82, 2.24) is 9.78 Å². The van der Waals surface area contributed by atoms with E-state index in [-0.39, 0.29) is 0 Å². The molecule has 96 valence electrons. The predicted octanol–water partition coefficient (Wildman–Crippen LogP) is 2.16. The summed E-state index contributed by atoms with van der Waals surface area (Å²) in [7, 11) is 1.62. The predicted molar refractivity (Wildman–Crippen MR) is 68.9 cm³/mol. The molecule has 0 aliphatic carbocycles. The van der Waals surface area contributed by atoms with Crippen LogP contribution in [0.25, 0.3) is 0 Å². The Kier molecular flexibility index (Phi) is 3.84. The smallest absolute Gasteiger partial charge is 0.165 e. The van der Waals surface area contributed by atoms with Crippen LogP contribution in [0.5, 0.6) is 17.2 Å². The summed E-state index contributed by atoms with van der Waals surface area (Å²) < 4.78 is 12.8. The van der Waals surface area contributed by atoms with Crippen molar-refractivity contribution < 1.29 is 9.47 Å². The van der Waals surface area contributed by atoms with E-state index in [1.807, 2.05) is 31.3 Å². The fourth-order valence-corrected chi connectivity index (χ4v) is 1.62. The zero-order chi connectivity index (χ0) is 13.0. The molecule has 0 aliphatic rings. The number of benzene rings is 1. The Hall–Kier alpha value is -2.01. The van der Waals surface area contributed by atoms with Crippen LogP contribution in [0.4, 0.5) is 0 Å². The van der Waals surface area contributed by atoms with Gasteiger partial charge in [-0.05, 0) is 13.0 Å². The zero-order valence-electron chi connectivity index (χ0n) is 10.6. The third-order valence-electron chi connectivity index (χ3n) is 2.66. The van der Waals surface area contributed by atoms with E-state index in [9.17, 15) is 0 Å². The van der Waals surface area contributed by atoms with E-state index in [0.29, 0.717) is 18.0 Å². The van der Waals surface area contributed by atoms with E-state index in [1.54, 1.807) is 18.0 Å². The maximum atomic E-state index is 5.78.